The molecule has 2 heterocycles. The lowest BCUT2D eigenvalue weighted by Crippen LogP contribution is -2.43. The lowest BCUT2D eigenvalue weighted by molar-refractivity contribution is 0.0367. The summed E-state index contributed by atoms with van der Waals surface area (Å²) in [6, 6.07) is 18.0. The molecule has 0 amide bonds. The van der Waals surface area contributed by atoms with Gasteiger partial charge in [-0.3, -0.25) is 9.69 Å². The van der Waals surface area contributed by atoms with Gasteiger partial charge >= 0.3 is 0 Å². The number of hydrogen-bond donors (Lipinski definition) is 2. The molecule has 1 aromatic heterocycles. The van der Waals surface area contributed by atoms with Crippen LogP contribution in [0.2, 0.25) is 0 Å². The van der Waals surface area contributed by atoms with Gasteiger partial charge in [-0.1, -0.05) is 30.3 Å². The van der Waals surface area contributed by atoms with Crippen molar-refractivity contribution in [3.8, 4) is 5.75 Å². The molecule has 3 aromatic rings. The number of morpholine rings is 1. The second-order valence-electron chi connectivity index (χ2n) is 9.12. The van der Waals surface area contributed by atoms with Crippen molar-refractivity contribution in [3.05, 3.63) is 76.1 Å². The van der Waals surface area contributed by atoms with Crippen molar-refractivity contribution in [3.63, 3.8) is 0 Å². The Hall–Kier alpha value is -2.94. The number of pyridine rings is 1. The molecule has 0 bridgehead atoms. The van der Waals surface area contributed by atoms with Gasteiger partial charge in [-0.2, -0.15) is 0 Å². The highest BCUT2D eigenvalue weighted by Crippen LogP contribution is 2.20. The lowest BCUT2D eigenvalue weighted by atomic mass is 10.1. The van der Waals surface area contributed by atoms with E-state index in [-0.39, 0.29) is 11.6 Å². The molecule has 0 unspecified atom stereocenters. The summed E-state index contributed by atoms with van der Waals surface area (Å²) in [5, 5.41) is 5.07. The van der Waals surface area contributed by atoms with Crippen molar-refractivity contribution < 1.29 is 9.47 Å². The van der Waals surface area contributed by atoms with Crippen LogP contribution in [0.1, 0.15) is 37.4 Å². The van der Waals surface area contributed by atoms with E-state index in [1.807, 2.05) is 49.4 Å². The van der Waals surface area contributed by atoms with Crippen molar-refractivity contribution >= 4 is 28.2 Å². The van der Waals surface area contributed by atoms with Crippen LogP contribution in [-0.4, -0.2) is 65.9 Å². The smallest absolute Gasteiger partial charge is 0.253 e. The van der Waals surface area contributed by atoms with Crippen molar-refractivity contribution in [2.45, 2.75) is 32.9 Å². The quantitative estimate of drug-likeness (QED) is 0.400. The van der Waals surface area contributed by atoms with Gasteiger partial charge in [0.05, 0.1) is 32.4 Å². The third kappa shape index (κ3) is 7.06. The molecule has 36 heavy (non-hydrogen) atoms. The molecule has 192 valence electrons. The molecule has 0 spiro atoms. The number of H-pyrrole nitrogens is 1. The first-order valence-corrected chi connectivity index (χ1v) is 13.1. The van der Waals surface area contributed by atoms with E-state index in [9.17, 15) is 4.79 Å². The second kappa shape index (κ2) is 12.9. The van der Waals surface area contributed by atoms with Crippen LogP contribution in [0.5, 0.6) is 5.75 Å². The van der Waals surface area contributed by atoms with Gasteiger partial charge in [-0.15, -0.1) is 0 Å². The van der Waals surface area contributed by atoms with E-state index in [1.165, 1.54) is 5.56 Å². The monoisotopic (exact) mass is 508 g/mol. The molecule has 2 aromatic carbocycles. The first-order valence-electron chi connectivity index (χ1n) is 12.7. The lowest BCUT2D eigenvalue weighted by Gasteiger charge is -2.30. The largest absolute Gasteiger partial charge is 0.494 e. The zero-order valence-corrected chi connectivity index (χ0v) is 22.0. The molecule has 1 aliphatic rings. The normalized spacial score (nSPS) is 14.9. The van der Waals surface area contributed by atoms with E-state index in [4.69, 9.17) is 21.7 Å². The Morgan fingerprint density at radius 3 is 2.72 bits per heavy atom. The van der Waals surface area contributed by atoms with Crippen LogP contribution in [0, 0.1) is 0 Å². The Balaban J connectivity index is 1.51. The van der Waals surface area contributed by atoms with Crippen LogP contribution in [-0.2, 0) is 11.3 Å². The van der Waals surface area contributed by atoms with Gasteiger partial charge in [0.15, 0.2) is 5.11 Å². The number of fused-ring (bicyclic) bond motifs is 1. The van der Waals surface area contributed by atoms with Crippen molar-refractivity contribution in [1.29, 1.82) is 0 Å². The number of nitrogens with zero attached hydrogens (tertiary/aromatic N) is 2. The standard InChI is InChI=1S/C28H36N4O3S/c1-3-35-25-10-11-26-23(19-25)18-24(27(33)30-26)20-32(13-7-12-31-14-16-34-17-15-31)28(36)29-21(2)22-8-5-4-6-9-22/h4-6,8-11,18-19,21H,3,7,12-17,20H2,1-2H3,(H,29,36)(H,30,33)/t21-/m1/s1. The van der Waals surface area contributed by atoms with Gasteiger partial charge in [-0.05, 0) is 62.3 Å². The minimum absolute atomic E-state index is 0.0593. The summed E-state index contributed by atoms with van der Waals surface area (Å²) in [6.07, 6.45) is 0.946. The second-order valence-corrected chi connectivity index (χ2v) is 9.50. The fraction of sp³-hybridized carbons (Fsp3) is 0.429. The number of nitrogens with one attached hydrogen (secondary N) is 2. The summed E-state index contributed by atoms with van der Waals surface area (Å²) in [5.74, 6) is 0.791. The summed E-state index contributed by atoms with van der Waals surface area (Å²) in [6.45, 7) is 10.3. The highest BCUT2D eigenvalue weighted by atomic mass is 32.1. The number of hydrogen-bond acceptors (Lipinski definition) is 5. The van der Waals surface area contributed by atoms with Crippen molar-refractivity contribution in [2.75, 3.05) is 46.0 Å². The van der Waals surface area contributed by atoms with Crippen LogP contribution in [0.4, 0.5) is 0 Å². The maximum Gasteiger partial charge on any atom is 0.253 e. The molecule has 7 nitrogen and oxygen atoms in total. The summed E-state index contributed by atoms with van der Waals surface area (Å²) in [4.78, 5) is 20.5. The zero-order valence-electron chi connectivity index (χ0n) is 21.2. The Labute approximate surface area is 218 Å². The fourth-order valence-corrected chi connectivity index (χ4v) is 4.81. The molecule has 4 rings (SSSR count). The van der Waals surface area contributed by atoms with Crippen molar-refractivity contribution in [1.82, 2.24) is 20.1 Å². The topological polar surface area (TPSA) is 69.8 Å². The van der Waals surface area contributed by atoms with Gasteiger partial charge in [0, 0.05) is 42.6 Å². The van der Waals surface area contributed by atoms with Gasteiger partial charge in [0.1, 0.15) is 5.75 Å². The highest BCUT2D eigenvalue weighted by Gasteiger charge is 2.17. The molecule has 0 saturated carbocycles. The Morgan fingerprint density at radius 2 is 1.97 bits per heavy atom. The molecule has 0 radical (unpaired) electrons. The molecule has 1 saturated heterocycles. The van der Waals surface area contributed by atoms with Crippen LogP contribution in [0.3, 0.4) is 0 Å². The van der Waals surface area contributed by atoms with E-state index in [1.54, 1.807) is 0 Å². The summed E-state index contributed by atoms with van der Waals surface area (Å²) in [7, 11) is 0. The van der Waals surface area contributed by atoms with Crippen molar-refractivity contribution in [2.24, 2.45) is 0 Å². The average Bonchev–Trinajstić information content (AvgIpc) is 2.90. The first-order chi connectivity index (χ1) is 17.5. The van der Waals surface area contributed by atoms with Gasteiger partial charge in [0.25, 0.3) is 5.56 Å². The first kappa shape index (κ1) is 26.1. The fourth-order valence-electron chi connectivity index (χ4n) is 4.47. The Morgan fingerprint density at radius 1 is 1.19 bits per heavy atom. The molecule has 2 N–H and O–H groups in total. The molecular weight excluding hydrogens is 472 g/mol. The minimum Gasteiger partial charge on any atom is -0.494 e. The number of aromatic amines is 1. The maximum atomic E-state index is 13.0. The number of benzene rings is 2. The van der Waals surface area contributed by atoms with Gasteiger partial charge in [0.2, 0.25) is 0 Å². The van der Waals surface area contributed by atoms with E-state index in [2.05, 4.69) is 39.2 Å². The Bertz CT molecular complexity index is 1190. The minimum atomic E-state index is -0.0938. The summed E-state index contributed by atoms with van der Waals surface area (Å²) >= 11 is 5.86. The van der Waals surface area contributed by atoms with Gasteiger partial charge in [-0.25, -0.2) is 0 Å². The maximum absolute atomic E-state index is 13.0. The van der Waals surface area contributed by atoms with Crippen LogP contribution >= 0.6 is 12.2 Å². The van der Waals surface area contributed by atoms with E-state index < -0.39 is 0 Å². The van der Waals surface area contributed by atoms with Crippen LogP contribution < -0.4 is 15.6 Å². The number of aromatic nitrogens is 1. The molecule has 1 atom stereocenters. The van der Waals surface area contributed by atoms with E-state index in [0.29, 0.717) is 23.8 Å². The summed E-state index contributed by atoms with van der Waals surface area (Å²) in [5.41, 5.74) is 2.55. The predicted octanol–water partition coefficient (Wildman–Crippen LogP) is 4.09. The van der Waals surface area contributed by atoms with Gasteiger partial charge < -0.3 is 24.7 Å². The zero-order chi connectivity index (χ0) is 25.3. The highest BCUT2D eigenvalue weighted by molar-refractivity contribution is 7.80. The number of ether oxygens (including phenoxy) is 2. The molecule has 0 aliphatic carbocycles. The number of rotatable bonds is 10. The van der Waals surface area contributed by atoms with E-state index >= 15 is 0 Å². The molecule has 8 heteroatoms. The Kier molecular flexibility index (Phi) is 9.33. The molecule has 1 aliphatic heterocycles. The molecule has 1 fully saturated rings. The average molecular weight is 509 g/mol. The molecular formula is C28H36N4O3S. The predicted molar refractivity (Wildman–Crippen MR) is 149 cm³/mol. The van der Waals surface area contributed by atoms with E-state index in [0.717, 1.165) is 62.5 Å². The SMILES string of the molecule is CCOc1ccc2[nH]c(=O)c(CN(CCCN3CCOCC3)C(=S)N[C@H](C)c3ccccc3)cc2c1. The number of thiocarbonyl (C=S) groups is 1. The van der Waals surface area contributed by atoms with Crippen LogP contribution in [0.25, 0.3) is 10.9 Å². The third-order valence-electron chi connectivity index (χ3n) is 6.50. The third-order valence-corrected chi connectivity index (χ3v) is 6.87. The summed E-state index contributed by atoms with van der Waals surface area (Å²) < 4.78 is 11.1. The van der Waals surface area contributed by atoms with Crippen LogP contribution in [0.15, 0.2) is 59.4 Å².